The Morgan fingerprint density at radius 1 is 1.50 bits per heavy atom. The van der Waals surface area contributed by atoms with Crippen molar-refractivity contribution in [3.63, 3.8) is 0 Å². The summed E-state index contributed by atoms with van der Waals surface area (Å²) in [6.07, 6.45) is 3.20. The minimum atomic E-state index is -0.238. The number of nitrogens with zero attached hydrogens (tertiary/aromatic N) is 2. The summed E-state index contributed by atoms with van der Waals surface area (Å²) in [7, 11) is 3.29. The maximum atomic E-state index is 10.9. The van der Waals surface area contributed by atoms with Crippen LogP contribution in [0.2, 0.25) is 0 Å². The van der Waals surface area contributed by atoms with Crippen LogP contribution in [0.25, 0.3) is 0 Å². The van der Waals surface area contributed by atoms with Gasteiger partial charge in [-0.25, -0.2) is 15.6 Å². The second kappa shape index (κ2) is 3.90. The van der Waals surface area contributed by atoms with Gasteiger partial charge in [0, 0.05) is 20.3 Å². The Balaban J connectivity index is 3.95. The van der Waals surface area contributed by atoms with E-state index in [0.717, 1.165) is 5.01 Å². The maximum Gasteiger partial charge on any atom is 0.337 e. The third-order valence-corrected chi connectivity index (χ3v) is 0.913. The Labute approximate surface area is 60.9 Å². The van der Waals surface area contributed by atoms with Gasteiger partial charge in [0.2, 0.25) is 0 Å². The maximum absolute atomic E-state index is 10.9. The topological polar surface area (TPSA) is 49.6 Å². The van der Waals surface area contributed by atoms with E-state index in [2.05, 4.69) is 0 Å². The number of nitrogens with two attached hydrogens (primary N) is 1. The molecule has 0 aromatic rings. The van der Waals surface area contributed by atoms with E-state index >= 15 is 0 Å². The SMILES string of the molecule is CC=CN(N)C(=O)N(C)C. The smallest absolute Gasteiger partial charge is 0.329 e. The lowest BCUT2D eigenvalue weighted by molar-refractivity contribution is 0.189. The highest BCUT2D eigenvalue weighted by Crippen LogP contribution is 1.87. The van der Waals surface area contributed by atoms with E-state index in [0.29, 0.717) is 0 Å². The molecule has 0 saturated heterocycles. The molecule has 0 atom stereocenters. The van der Waals surface area contributed by atoms with Crippen LogP contribution in [0.1, 0.15) is 6.92 Å². The lowest BCUT2D eigenvalue weighted by Crippen LogP contribution is -2.40. The number of amides is 2. The van der Waals surface area contributed by atoms with Gasteiger partial charge in [-0.3, -0.25) is 0 Å². The number of hydrazine groups is 1. The standard InChI is InChI=1S/C6H13N3O/c1-4-5-9(7)6(10)8(2)3/h4-5H,7H2,1-3H3. The predicted molar refractivity (Wildman–Crippen MR) is 39.9 cm³/mol. The molecule has 0 aliphatic carbocycles. The zero-order chi connectivity index (χ0) is 8.15. The van der Waals surface area contributed by atoms with Crippen LogP contribution in [0.5, 0.6) is 0 Å². The lowest BCUT2D eigenvalue weighted by Gasteiger charge is -2.16. The number of urea groups is 1. The summed E-state index contributed by atoms with van der Waals surface area (Å²) in [6, 6.07) is -0.238. The summed E-state index contributed by atoms with van der Waals surface area (Å²) >= 11 is 0. The van der Waals surface area contributed by atoms with E-state index in [1.165, 1.54) is 11.1 Å². The molecule has 0 saturated carbocycles. The van der Waals surface area contributed by atoms with Crippen molar-refractivity contribution >= 4 is 6.03 Å². The minimum absolute atomic E-state index is 0.238. The molecule has 0 heterocycles. The second-order valence-corrected chi connectivity index (χ2v) is 2.07. The molecule has 0 aliphatic heterocycles. The van der Waals surface area contributed by atoms with Gasteiger partial charge in [-0.1, -0.05) is 6.08 Å². The number of hydrogen-bond donors (Lipinski definition) is 1. The summed E-state index contributed by atoms with van der Waals surface area (Å²) in [5.41, 5.74) is 0. The molecular weight excluding hydrogens is 130 g/mol. The Hall–Kier alpha value is -1.03. The third kappa shape index (κ3) is 2.50. The van der Waals surface area contributed by atoms with Gasteiger partial charge in [-0.15, -0.1) is 0 Å². The highest BCUT2D eigenvalue weighted by atomic mass is 16.2. The van der Waals surface area contributed by atoms with Gasteiger partial charge < -0.3 is 4.90 Å². The van der Waals surface area contributed by atoms with E-state index in [9.17, 15) is 4.79 Å². The molecule has 0 aliphatic rings. The Morgan fingerprint density at radius 2 is 2.00 bits per heavy atom. The molecule has 4 nitrogen and oxygen atoms in total. The van der Waals surface area contributed by atoms with E-state index in [1.807, 2.05) is 0 Å². The first kappa shape index (κ1) is 8.97. The normalized spacial score (nSPS) is 10.0. The zero-order valence-electron chi connectivity index (χ0n) is 6.53. The number of allylic oxidation sites excluding steroid dienone is 1. The highest BCUT2D eigenvalue weighted by molar-refractivity contribution is 5.74. The minimum Gasteiger partial charge on any atom is -0.329 e. The van der Waals surface area contributed by atoms with Crippen molar-refractivity contribution in [2.45, 2.75) is 6.92 Å². The number of carbonyl (C=O) groups is 1. The first-order valence-electron chi connectivity index (χ1n) is 2.97. The van der Waals surface area contributed by atoms with Gasteiger partial charge in [0.25, 0.3) is 0 Å². The van der Waals surface area contributed by atoms with Crippen LogP contribution >= 0.6 is 0 Å². The molecule has 0 fully saturated rings. The molecule has 0 aromatic carbocycles. The van der Waals surface area contributed by atoms with E-state index < -0.39 is 0 Å². The molecule has 2 amide bonds. The van der Waals surface area contributed by atoms with Crippen LogP contribution in [0.3, 0.4) is 0 Å². The van der Waals surface area contributed by atoms with E-state index in [1.54, 1.807) is 27.1 Å². The van der Waals surface area contributed by atoms with Gasteiger partial charge in [-0.2, -0.15) is 0 Å². The largest absolute Gasteiger partial charge is 0.337 e. The third-order valence-electron chi connectivity index (χ3n) is 0.913. The molecule has 0 bridgehead atoms. The number of hydrogen-bond acceptors (Lipinski definition) is 2. The average molecular weight is 143 g/mol. The molecule has 58 valence electrons. The Morgan fingerprint density at radius 3 is 2.30 bits per heavy atom. The number of rotatable bonds is 1. The summed E-state index contributed by atoms with van der Waals surface area (Å²) < 4.78 is 0. The first-order valence-corrected chi connectivity index (χ1v) is 2.97. The van der Waals surface area contributed by atoms with E-state index in [-0.39, 0.29) is 6.03 Å². The Bertz CT molecular complexity index is 142. The van der Waals surface area contributed by atoms with Crippen molar-refractivity contribution < 1.29 is 4.79 Å². The number of carbonyl (C=O) groups excluding carboxylic acids is 1. The molecule has 0 radical (unpaired) electrons. The quantitative estimate of drug-likeness (QED) is 0.327. The predicted octanol–water partition coefficient (Wildman–Crippen LogP) is 0.377. The van der Waals surface area contributed by atoms with Crippen molar-refractivity contribution in [2.24, 2.45) is 5.84 Å². The summed E-state index contributed by atoms with van der Waals surface area (Å²) in [5, 5.41) is 1.03. The van der Waals surface area contributed by atoms with Gasteiger partial charge in [0.1, 0.15) is 0 Å². The molecule has 10 heavy (non-hydrogen) atoms. The summed E-state index contributed by atoms with van der Waals surface area (Å²) in [5.74, 6) is 5.28. The van der Waals surface area contributed by atoms with E-state index in [4.69, 9.17) is 5.84 Å². The van der Waals surface area contributed by atoms with Crippen molar-refractivity contribution in [1.82, 2.24) is 9.91 Å². The van der Waals surface area contributed by atoms with Crippen LogP contribution in [0, 0.1) is 0 Å². The van der Waals surface area contributed by atoms with Gasteiger partial charge >= 0.3 is 6.03 Å². The van der Waals surface area contributed by atoms with Crippen LogP contribution < -0.4 is 5.84 Å². The fourth-order valence-corrected chi connectivity index (χ4v) is 0.455. The lowest BCUT2D eigenvalue weighted by atomic mass is 10.6. The summed E-state index contributed by atoms with van der Waals surface area (Å²) in [4.78, 5) is 12.3. The molecule has 0 spiro atoms. The van der Waals surface area contributed by atoms with Crippen LogP contribution in [-0.2, 0) is 0 Å². The van der Waals surface area contributed by atoms with Crippen LogP contribution in [0.15, 0.2) is 12.3 Å². The van der Waals surface area contributed by atoms with Crippen LogP contribution in [0.4, 0.5) is 4.79 Å². The van der Waals surface area contributed by atoms with Gasteiger partial charge in [0.05, 0.1) is 0 Å². The molecular formula is C6H13N3O. The van der Waals surface area contributed by atoms with Crippen molar-refractivity contribution in [2.75, 3.05) is 14.1 Å². The van der Waals surface area contributed by atoms with Crippen molar-refractivity contribution in [3.05, 3.63) is 12.3 Å². The molecule has 0 aromatic heterocycles. The van der Waals surface area contributed by atoms with Gasteiger partial charge in [0.15, 0.2) is 0 Å². The Kier molecular flexibility index (Phi) is 3.49. The monoisotopic (exact) mass is 143 g/mol. The highest BCUT2D eigenvalue weighted by Gasteiger charge is 2.06. The molecule has 0 rings (SSSR count). The summed E-state index contributed by atoms with van der Waals surface area (Å²) in [6.45, 7) is 1.79. The van der Waals surface area contributed by atoms with Crippen molar-refractivity contribution in [1.29, 1.82) is 0 Å². The first-order chi connectivity index (χ1) is 4.59. The molecule has 0 unspecified atom stereocenters. The van der Waals surface area contributed by atoms with Crippen LogP contribution in [-0.4, -0.2) is 30.0 Å². The second-order valence-electron chi connectivity index (χ2n) is 2.07. The fourth-order valence-electron chi connectivity index (χ4n) is 0.455. The molecule has 4 heteroatoms. The zero-order valence-corrected chi connectivity index (χ0v) is 6.53. The molecule has 2 N–H and O–H groups in total. The fraction of sp³-hybridized carbons (Fsp3) is 0.500. The average Bonchev–Trinajstić information content (AvgIpc) is 1.87. The van der Waals surface area contributed by atoms with Gasteiger partial charge in [-0.05, 0) is 6.92 Å². The van der Waals surface area contributed by atoms with Crippen molar-refractivity contribution in [3.8, 4) is 0 Å².